The van der Waals surface area contributed by atoms with E-state index in [1.54, 1.807) is 12.1 Å². The highest BCUT2D eigenvalue weighted by atomic mass is 16.4. The lowest BCUT2D eigenvalue weighted by Gasteiger charge is -2.05. The maximum atomic E-state index is 10.4. The van der Waals surface area contributed by atoms with Crippen LogP contribution in [0.2, 0.25) is 0 Å². The third-order valence-corrected chi connectivity index (χ3v) is 2.47. The Morgan fingerprint density at radius 1 is 1.00 bits per heavy atom. The highest BCUT2D eigenvalue weighted by Crippen LogP contribution is 2.10. The van der Waals surface area contributed by atoms with Gasteiger partial charge in [0.1, 0.15) is 17.8 Å². The van der Waals surface area contributed by atoms with Crippen molar-refractivity contribution >= 4 is 11.9 Å². The molecule has 0 saturated carbocycles. The van der Waals surface area contributed by atoms with Crippen molar-refractivity contribution in [2.75, 3.05) is 6.61 Å². The third-order valence-electron chi connectivity index (χ3n) is 2.47. The third kappa shape index (κ3) is 8.58. The molecule has 0 aliphatic carbocycles. The molecule has 8 heteroatoms. The standard InChI is InChI=1S/C9H11NO3.C4H9NO3/c10-8(9(12)13)5-6-1-3-7(11)4-2-6;5-3(1-2-6)4(7)8/h1-4,8,11H,5,10H2,(H,12,13);3,6H,1-2,5H2,(H,7,8)/t8-;3-/m00/s1. The van der Waals surface area contributed by atoms with E-state index in [4.69, 9.17) is 31.9 Å². The molecule has 118 valence electrons. The van der Waals surface area contributed by atoms with Crippen molar-refractivity contribution < 1.29 is 30.0 Å². The highest BCUT2D eigenvalue weighted by Gasteiger charge is 2.11. The van der Waals surface area contributed by atoms with Gasteiger partial charge in [0.05, 0.1) is 0 Å². The van der Waals surface area contributed by atoms with Crippen LogP contribution in [0, 0.1) is 0 Å². The molecule has 1 aromatic rings. The second-order valence-corrected chi connectivity index (χ2v) is 4.27. The largest absolute Gasteiger partial charge is 0.508 e. The number of rotatable bonds is 6. The summed E-state index contributed by atoms with van der Waals surface area (Å²) in [5, 5.41) is 33.7. The summed E-state index contributed by atoms with van der Waals surface area (Å²) in [6.45, 7) is -0.173. The Balaban J connectivity index is 0.000000433. The molecule has 0 radical (unpaired) electrons. The van der Waals surface area contributed by atoms with Crippen molar-refractivity contribution in [1.82, 2.24) is 0 Å². The van der Waals surface area contributed by atoms with Crippen LogP contribution in [0.3, 0.4) is 0 Å². The zero-order valence-corrected chi connectivity index (χ0v) is 11.3. The van der Waals surface area contributed by atoms with E-state index < -0.39 is 24.0 Å². The second-order valence-electron chi connectivity index (χ2n) is 4.27. The molecule has 0 aliphatic rings. The zero-order valence-electron chi connectivity index (χ0n) is 11.3. The van der Waals surface area contributed by atoms with E-state index in [-0.39, 0.29) is 25.2 Å². The number of phenols is 1. The van der Waals surface area contributed by atoms with Crippen molar-refractivity contribution in [1.29, 1.82) is 0 Å². The van der Waals surface area contributed by atoms with Crippen molar-refractivity contribution in [2.45, 2.75) is 24.9 Å². The number of hydrogen-bond acceptors (Lipinski definition) is 6. The van der Waals surface area contributed by atoms with Gasteiger partial charge in [-0.1, -0.05) is 12.1 Å². The Morgan fingerprint density at radius 3 is 1.81 bits per heavy atom. The van der Waals surface area contributed by atoms with Crippen LogP contribution >= 0.6 is 0 Å². The molecule has 0 bridgehead atoms. The zero-order chi connectivity index (χ0) is 16.4. The first kappa shape index (κ1) is 18.8. The van der Waals surface area contributed by atoms with Gasteiger partial charge >= 0.3 is 11.9 Å². The maximum Gasteiger partial charge on any atom is 0.320 e. The molecule has 0 heterocycles. The SMILES string of the molecule is N[C@@H](CCO)C(=O)O.N[C@@H](Cc1ccc(O)cc1)C(=O)O. The lowest BCUT2D eigenvalue weighted by atomic mass is 10.1. The van der Waals surface area contributed by atoms with Crippen LogP contribution in [0.5, 0.6) is 5.75 Å². The highest BCUT2D eigenvalue weighted by molar-refractivity contribution is 5.73. The summed E-state index contributed by atoms with van der Waals surface area (Å²) in [5.41, 5.74) is 11.1. The summed E-state index contributed by atoms with van der Waals surface area (Å²) in [6, 6.07) is 4.51. The van der Waals surface area contributed by atoms with Crippen molar-refractivity contribution in [2.24, 2.45) is 11.5 Å². The maximum absolute atomic E-state index is 10.4. The number of aromatic hydroxyl groups is 1. The fourth-order valence-corrected chi connectivity index (χ4v) is 1.24. The summed E-state index contributed by atoms with van der Waals surface area (Å²) in [4.78, 5) is 20.2. The van der Waals surface area contributed by atoms with Crippen molar-refractivity contribution in [3.63, 3.8) is 0 Å². The Labute approximate surface area is 121 Å². The Bertz CT molecular complexity index is 448. The van der Waals surface area contributed by atoms with Crippen molar-refractivity contribution in [3.05, 3.63) is 29.8 Å². The number of carboxylic acids is 2. The van der Waals surface area contributed by atoms with Gasteiger partial charge in [0.15, 0.2) is 0 Å². The molecule has 0 fully saturated rings. The van der Waals surface area contributed by atoms with E-state index in [2.05, 4.69) is 0 Å². The summed E-state index contributed by atoms with van der Waals surface area (Å²) in [7, 11) is 0. The molecular formula is C13H20N2O6. The van der Waals surface area contributed by atoms with E-state index in [0.717, 1.165) is 5.56 Å². The van der Waals surface area contributed by atoms with Gasteiger partial charge in [-0.2, -0.15) is 0 Å². The molecule has 0 aliphatic heterocycles. The predicted molar refractivity (Wildman–Crippen MR) is 74.7 cm³/mol. The average Bonchev–Trinajstić information content (AvgIpc) is 2.42. The van der Waals surface area contributed by atoms with Crippen LogP contribution in [0.1, 0.15) is 12.0 Å². The number of phenolic OH excluding ortho intramolecular Hbond substituents is 1. The molecule has 1 rings (SSSR count). The van der Waals surface area contributed by atoms with Crippen LogP contribution in [0.15, 0.2) is 24.3 Å². The van der Waals surface area contributed by atoms with E-state index in [1.807, 2.05) is 0 Å². The summed E-state index contributed by atoms with van der Waals surface area (Å²) < 4.78 is 0. The van der Waals surface area contributed by atoms with Crippen LogP contribution in [0.25, 0.3) is 0 Å². The van der Waals surface area contributed by atoms with Gasteiger partial charge < -0.3 is 31.9 Å². The number of nitrogens with two attached hydrogens (primary N) is 2. The Hall–Kier alpha value is -2.16. The van der Waals surface area contributed by atoms with Gasteiger partial charge in [-0.25, -0.2) is 0 Å². The van der Waals surface area contributed by atoms with Gasteiger partial charge in [-0.05, 0) is 30.5 Å². The quantitative estimate of drug-likeness (QED) is 0.394. The van der Waals surface area contributed by atoms with Crippen LogP contribution in [-0.2, 0) is 16.0 Å². The van der Waals surface area contributed by atoms with Crippen molar-refractivity contribution in [3.8, 4) is 5.75 Å². The molecule has 0 aromatic heterocycles. The van der Waals surface area contributed by atoms with E-state index >= 15 is 0 Å². The lowest BCUT2D eigenvalue weighted by Crippen LogP contribution is -2.32. The monoisotopic (exact) mass is 300 g/mol. The summed E-state index contributed by atoms with van der Waals surface area (Å²) >= 11 is 0. The minimum absolute atomic E-state index is 0.120. The Kier molecular flexibility index (Phi) is 8.70. The van der Waals surface area contributed by atoms with E-state index in [0.29, 0.717) is 0 Å². The fraction of sp³-hybridized carbons (Fsp3) is 0.385. The lowest BCUT2D eigenvalue weighted by molar-refractivity contribution is -0.139. The van der Waals surface area contributed by atoms with Gasteiger partial charge in [0.2, 0.25) is 0 Å². The number of benzene rings is 1. The average molecular weight is 300 g/mol. The fourth-order valence-electron chi connectivity index (χ4n) is 1.24. The molecule has 2 atom stereocenters. The molecule has 21 heavy (non-hydrogen) atoms. The van der Waals surface area contributed by atoms with Crippen LogP contribution < -0.4 is 11.5 Å². The first-order chi connectivity index (χ1) is 9.77. The molecule has 0 unspecified atom stereocenters. The topological polar surface area (TPSA) is 167 Å². The van der Waals surface area contributed by atoms with E-state index in [1.165, 1.54) is 12.1 Å². The van der Waals surface area contributed by atoms with Crippen LogP contribution in [0.4, 0.5) is 0 Å². The molecule has 0 spiro atoms. The molecule has 1 aromatic carbocycles. The van der Waals surface area contributed by atoms with Gasteiger partial charge in [-0.3, -0.25) is 9.59 Å². The molecule has 0 saturated heterocycles. The summed E-state index contributed by atoms with van der Waals surface area (Å²) in [5.74, 6) is -1.93. The van der Waals surface area contributed by atoms with E-state index in [9.17, 15) is 9.59 Å². The van der Waals surface area contributed by atoms with Gasteiger partial charge in [0, 0.05) is 6.61 Å². The molecule has 8 nitrogen and oxygen atoms in total. The first-order valence-corrected chi connectivity index (χ1v) is 6.13. The number of aliphatic hydroxyl groups excluding tert-OH is 1. The smallest absolute Gasteiger partial charge is 0.320 e. The minimum Gasteiger partial charge on any atom is -0.508 e. The second kappa shape index (κ2) is 9.70. The van der Waals surface area contributed by atoms with Gasteiger partial charge in [0.25, 0.3) is 0 Å². The minimum atomic E-state index is -1.07. The number of carbonyl (C=O) groups is 2. The molecular weight excluding hydrogens is 280 g/mol. The first-order valence-electron chi connectivity index (χ1n) is 6.13. The predicted octanol–water partition coefficient (Wildman–Crippen LogP) is -0.873. The molecule has 8 N–H and O–H groups in total. The number of aliphatic carboxylic acids is 2. The normalized spacial score (nSPS) is 12.7. The van der Waals surface area contributed by atoms with Crippen LogP contribution in [-0.4, -0.2) is 51.1 Å². The van der Waals surface area contributed by atoms with Gasteiger partial charge in [-0.15, -0.1) is 0 Å². The Morgan fingerprint density at radius 2 is 1.48 bits per heavy atom. The summed E-state index contributed by atoms with van der Waals surface area (Å²) in [6.07, 6.45) is 0.394. The number of carboxylic acid groups (broad SMARTS) is 2. The molecule has 0 amide bonds. The number of aliphatic hydroxyl groups is 1. The number of hydrogen-bond donors (Lipinski definition) is 6.